The minimum absolute atomic E-state index is 0.176. The number of rotatable bonds is 4. The van der Waals surface area contributed by atoms with Gasteiger partial charge in [-0.1, -0.05) is 12.1 Å². The molecular weight excluding hydrogens is 190 g/mol. The van der Waals surface area contributed by atoms with Crippen molar-refractivity contribution in [2.24, 2.45) is 0 Å². The van der Waals surface area contributed by atoms with E-state index in [2.05, 4.69) is 0 Å². The fourth-order valence-corrected chi connectivity index (χ4v) is 1.29. The number of ether oxygens (including phenoxy) is 1. The van der Waals surface area contributed by atoms with Crippen LogP contribution in [-0.2, 0) is 0 Å². The molecule has 0 aliphatic rings. The summed E-state index contributed by atoms with van der Waals surface area (Å²) in [5.74, 6) is 0.833. The van der Waals surface area contributed by atoms with Gasteiger partial charge in [0, 0.05) is 0 Å². The van der Waals surface area contributed by atoms with Crippen LogP contribution in [0.25, 0.3) is 0 Å². The highest BCUT2D eigenvalue weighted by atomic mass is 16.5. The molecule has 15 heavy (non-hydrogen) atoms. The molecular formula is C12H19NO2. The molecule has 0 spiro atoms. The van der Waals surface area contributed by atoms with Gasteiger partial charge in [-0.15, -0.1) is 0 Å². The second-order valence-electron chi connectivity index (χ2n) is 4.07. The molecule has 0 saturated heterocycles. The quantitative estimate of drug-likeness (QED) is 0.770. The molecule has 0 aliphatic heterocycles. The van der Waals surface area contributed by atoms with Gasteiger partial charge < -0.3 is 9.84 Å². The highest BCUT2D eigenvalue weighted by molar-refractivity contribution is 5.28. The smallest absolute Gasteiger partial charge is 0.133 e. The van der Waals surface area contributed by atoms with Gasteiger partial charge in [0.15, 0.2) is 0 Å². The second kappa shape index (κ2) is 5.14. The molecule has 3 nitrogen and oxygen atoms in total. The third kappa shape index (κ3) is 3.53. The molecule has 0 fully saturated rings. The summed E-state index contributed by atoms with van der Waals surface area (Å²) in [6, 6.07) is 7.51. The molecule has 0 heterocycles. The molecule has 1 rings (SSSR count). The highest BCUT2D eigenvalue weighted by Crippen LogP contribution is 2.19. The lowest BCUT2D eigenvalue weighted by molar-refractivity contribution is 0.0395. The van der Waals surface area contributed by atoms with Crippen LogP contribution < -0.4 is 4.74 Å². The first-order chi connectivity index (χ1) is 7.00. The highest BCUT2D eigenvalue weighted by Gasteiger charge is 2.09. The summed E-state index contributed by atoms with van der Waals surface area (Å²) >= 11 is 0. The Hall–Kier alpha value is -1.06. The summed E-state index contributed by atoms with van der Waals surface area (Å²) in [7, 11) is 3.67. The predicted octanol–water partition coefficient (Wildman–Crippen LogP) is 2.03. The van der Waals surface area contributed by atoms with Crippen LogP contribution in [0.15, 0.2) is 24.3 Å². The van der Waals surface area contributed by atoms with Crippen molar-refractivity contribution in [3.63, 3.8) is 0 Å². The number of hydrogen-bond acceptors (Lipinski definition) is 3. The largest absolute Gasteiger partial charge is 0.491 e. The van der Waals surface area contributed by atoms with Crippen molar-refractivity contribution < 1.29 is 9.84 Å². The van der Waals surface area contributed by atoms with E-state index in [0.717, 1.165) is 11.3 Å². The third-order valence-electron chi connectivity index (χ3n) is 2.04. The standard InChI is InChI=1S/C12H19NO2/c1-9(2)15-11-7-5-10(6-8-11)12(14)13(3)4/h5-9,12,14H,1-4H3. The Balaban J connectivity index is 2.72. The minimum Gasteiger partial charge on any atom is -0.491 e. The van der Waals surface area contributed by atoms with Crippen molar-refractivity contribution in [1.29, 1.82) is 0 Å². The second-order valence-corrected chi connectivity index (χ2v) is 4.07. The molecule has 0 aromatic heterocycles. The Morgan fingerprint density at radius 3 is 2.07 bits per heavy atom. The molecule has 0 radical (unpaired) electrons. The lowest BCUT2D eigenvalue weighted by Crippen LogP contribution is -2.19. The maximum absolute atomic E-state index is 9.76. The summed E-state index contributed by atoms with van der Waals surface area (Å²) in [6.07, 6.45) is -0.382. The zero-order valence-electron chi connectivity index (χ0n) is 9.77. The maximum Gasteiger partial charge on any atom is 0.133 e. The number of aliphatic hydroxyl groups is 1. The predicted molar refractivity (Wildman–Crippen MR) is 60.9 cm³/mol. The van der Waals surface area contributed by atoms with E-state index in [-0.39, 0.29) is 6.10 Å². The van der Waals surface area contributed by atoms with Crippen molar-refractivity contribution >= 4 is 0 Å². The lowest BCUT2D eigenvalue weighted by Gasteiger charge is -2.19. The van der Waals surface area contributed by atoms with E-state index in [1.807, 2.05) is 52.2 Å². The Morgan fingerprint density at radius 2 is 1.67 bits per heavy atom. The van der Waals surface area contributed by atoms with Crippen LogP contribution in [0.4, 0.5) is 0 Å². The molecule has 0 aliphatic carbocycles. The van der Waals surface area contributed by atoms with Crippen LogP contribution in [0.2, 0.25) is 0 Å². The molecule has 1 unspecified atom stereocenters. The topological polar surface area (TPSA) is 32.7 Å². The van der Waals surface area contributed by atoms with Crippen molar-refractivity contribution in [2.45, 2.75) is 26.2 Å². The van der Waals surface area contributed by atoms with E-state index >= 15 is 0 Å². The van der Waals surface area contributed by atoms with Gasteiger partial charge in [0.05, 0.1) is 6.10 Å². The monoisotopic (exact) mass is 209 g/mol. The molecule has 1 aromatic carbocycles. The molecule has 0 amide bonds. The fraction of sp³-hybridized carbons (Fsp3) is 0.500. The Morgan fingerprint density at radius 1 is 1.13 bits per heavy atom. The average molecular weight is 209 g/mol. The molecule has 3 heteroatoms. The summed E-state index contributed by atoms with van der Waals surface area (Å²) in [6.45, 7) is 3.98. The summed E-state index contributed by atoms with van der Waals surface area (Å²) in [4.78, 5) is 1.75. The van der Waals surface area contributed by atoms with Crippen molar-refractivity contribution in [3.05, 3.63) is 29.8 Å². The van der Waals surface area contributed by atoms with E-state index in [1.54, 1.807) is 4.90 Å². The summed E-state index contributed by atoms with van der Waals surface area (Å²) in [5, 5.41) is 9.76. The normalized spacial score (nSPS) is 13.3. The van der Waals surface area contributed by atoms with Crippen LogP contribution in [0, 0.1) is 0 Å². The van der Waals surface area contributed by atoms with Gasteiger partial charge in [-0.2, -0.15) is 0 Å². The van der Waals surface area contributed by atoms with E-state index in [0.29, 0.717) is 0 Å². The van der Waals surface area contributed by atoms with E-state index in [4.69, 9.17) is 4.74 Å². The van der Waals surface area contributed by atoms with Crippen molar-refractivity contribution in [3.8, 4) is 5.75 Å². The van der Waals surface area contributed by atoms with Gasteiger partial charge in [0.1, 0.15) is 12.0 Å². The first-order valence-corrected chi connectivity index (χ1v) is 5.12. The van der Waals surface area contributed by atoms with Crippen LogP contribution in [0.1, 0.15) is 25.6 Å². The Bertz CT molecular complexity index is 293. The third-order valence-corrected chi connectivity index (χ3v) is 2.04. The first-order valence-electron chi connectivity index (χ1n) is 5.12. The maximum atomic E-state index is 9.76. The van der Waals surface area contributed by atoms with Crippen molar-refractivity contribution in [2.75, 3.05) is 14.1 Å². The number of aliphatic hydroxyl groups excluding tert-OH is 1. The van der Waals surface area contributed by atoms with Gasteiger partial charge >= 0.3 is 0 Å². The lowest BCUT2D eigenvalue weighted by atomic mass is 10.2. The number of hydrogen-bond donors (Lipinski definition) is 1. The summed E-state index contributed by atoms with van der Waals surface area (Å²) in [5.41, 5.74) is 0.871. The van der Waals surface area contributed by atoms with Gasteiger partial charge in [0.2, 0.25) is 0 Å². The zero-order valence-corrected chi connectivity index (χ0v) is 9.77. The minimum atomic E-state index is -0.557. The van der Waals surface area contributed by atoms with Gasteiger partial charge in [-0.3, -0.25) is 4.90 Å². The van der Waals surface area contributed by atoms with Crippen molar-refractivity contribution in [1.82, 2.24) is 4.90 Å². The van der Waals surface area contributed by atoms with Gasteiger partial charge in [-0.25, -0.2) is 0 Å². The van der Waals surface area contributed by atoms with Gasteiger partial charge in [0.25, 0.3) is 0 Å². The average Bonchev–Trinajstić information content (AvgIpc) is 2.17. The Kier molecular flexibility index (Phi) is 4.12. The van der Waals surface area contributed by atoms with Crippen LogP contribution in [-0.4, -0.2) is 30.2 Å². The van der Waals surface area contributed by atoms with E-state index in [1.165, 1.54) is 0 Å². The fourth-order valence-electron chi connectivity index (χ4n) is 1.29. The molecule has 1 N–H and O–H groups in total. The molecule has 84 valence electrons. The Labute approximate surface area is 91.3 Å². The zero-order chi connectivity index (χ0) is 11.4. The van der Waals surface area contributed by atoms with Gasteiger partial charge in [-0.05, 0) is 45.6 Å². The van der Waals surface area contributed by atoms with Crippen LogP contribution >= 0.6 is 0 Å². The van der Waals surface area contributed by atoms with Crippen LogP contribution in [0.5, 0.6) is 5.75 Å². The molecule has 0 saturated carbocycles. The molecule has 1 atom stereocenters. The van der Waals surface area contributed by atoms with E-state index in [9.17, 15) is 5.11 Å². The number of nitrogens with zero attached hydrogens (tertiary/aromatic N) is 1. The molecule has 0 bridgehead atoms. The first kappa shape index (κ1) is 12.0. The number of benzene rings is 1. The van der Waals surface area contributed by atoms with E-state index < -0.39 is 6.23 Å². The molecule has 1 aromatic rings. The summed E-state index contributed by atoms with van der Waals surface area (Å²) < 4.78 is 5.51. The van der Waals surface area contributed by atoms with Crippen LogP contribution in [0.3, 0.4) is 0 Å². The SMILES string of the molecule is CC(C)Oc1ccc(C(O)N(C)C)cc1.